The van der Waals surface area contributed by atoms with Gasteiger partial charge in [0.05, 0.1) is 24.2 Å². The summed E-state index contributed by atoms with van der Waals surface area (Å²) in [5.41, 5.74) is -0.344. The van der Waals surface area contributed by atoms with Crippen molar-refractivity contribution < 1.29 is 15.1 Å². The zero-order valence-electron chi connectivity index (χ0n) is 14.6. The van der Waals surface area contributed by atoms with E-state index >= 15 is 0 Å². The summed E-state index contributed by atoms with van der Waals surface area (Å²) in [7, 11) is 0. The maximum atomic E-state index is 10.7. The van der Waals surface area contributed by atoms with E-state index in [1.165, 1.54) is 17.1 Å². The van der Waals surface area contributed by atoms with Gasteiger partial charge in [0, 0.05) is 12.1 Å². The lowest BCUT2D eigenvalue weighted by molar-refractivity contribution is -0.385. The molecule has 0 radical (unpaired) electrons. The van der Waals surface area contributed by atoms with E-state index in [9.17, 15) is 20.3 Å². The third-order valence-corrected chi connectivity index (χ3v) is 4.70. The standard InChI is InChI=1S/C16H28N4O4/c1-12-4-15(2,3)10-16(5-12,11-21)17-7-14(22)9-19-8-13(6-18-19)20(23)24/h6,8,12,14,17,21-22H,4-5,7,9-11H2,1-3H3. The van der Waals surface area contributed by atoms with Crippen LogP contribution in [0.2, 0.25) is 0 Å². The number of aliphatic hydroxyl groups excluding tert-OH is 2. The molecule has 3 unspecified atom stereocenters. The van der Waals surface area contributed by atoms with Gasteiger partial charge in [0.2, 0.25) is 0 Å². The number of aliphatic hydroxyl groups is 2. The van der Waals surface area contributed by atoms with Gasteiger partial charge in [-0.25, -0.2) is 0 Å². The van der Waals surface area contributed by atoms with Gasteiger partial charge in [-0.1, -0.05) is 20.8 Å². The number of nitrogens with zero attached hydrogens (tertiary/aromatic N) is 3. The molecule has 8 nitrogen and oxygen atoms in total. The lowest BCUT2D eigenvalue weighted by atomic mass is 9.64. The van der Waals surface area contributed by atoms with Crippen molar-refractivity contribution in [3.8, 4) is 0 Å². The van der Waals surface area contributed by atoms with Gasteiger partial charge in [0.25, 0.3) is 0 Å². The summed E-state index contributed by atoms with van der Waals surface area (Å²) >= 11 is 0. The van der Waals surface area contributed by atoms with Crippen molar-refractivity contribution in [3.05, 3.63) is 22.5 Å². The van der Waals surface area contributed by atoms with Crippen molar-refractivity contribution in [2.75, 3.05) is 13.2 Å². The summed E-state index contributed by atoms with van der Waals surface area (Å²) in [5, 5.41) is 38.0. The first-order valence-corrected chi connectivity index (χ1v) is 8.35. The fraction of sp³-hybridized carbons (Fsp3) is 0.812. The smallest absolute Gasteiger partial charge is 0.306 e. The molecule has 24 heavy (non-hydrogen) atoms. The molecule has 8 heteroatoms. The third-order valence-electron chi connectivity index (χ3n) is 4.70. The van der Waals surface area contributed by atoms with Gasteiger partial charge in [0.15, 0.2) is 0 Å². The Morgan fingerprint density at radius 3 is 2.79 bits per heavy atom. The van der Waals surface area contributed by atoms with E-state index in [1.807, 2.05) is 0 Å². The first-order valence-electron chi connectivity index (χ1n) is 8.35. The molecule has 1 aromatic heterocycles. The minimum atomic E-state index is -0.742. The molecule has 1 aliphatic carbocycles. The molecule has 0 bridgehead atoms. The van der Waals surface area contributed by atoms with E-state index < -0.39 is 16.6 Å². The van der Waals surface area contributed by atoms with E-state index in [0.717, 1.165) is 19.3 Å². The molecular weight excluding hydrogens is 312 g/mol. The third kappa shape index (κ3) is 4.75. The van der Waals surface area contributed by atoms with Gasteiger partial charge >= 0.3 is 5.69 Å². The summed E-state index contributed by atoms with van der Waals surface area (Å²) in [6.07, 6.45) is 4.56. The Hall–Kier alpha value is -1.51. The van der Waals surface area contributed by atoms with Crippen molar-refractivity contribution in [1.82, 2.24) is 15.1 Å². The molecule has 0 amide bonds. The van der Waals surface area contributed by atoms with Crippen LogP contribution < -0.4 is 5.32 Å². The topological polar surface area (TPSA) is 113 Å². The Kier molecular flexibility index (Phi) is 5.62. The molecule has 2 rings (SSSR count). The maximum Gasteiger partial charge on any atom is 0.306 e. The highest BCUT2D eigenvalue weighted by molar-refractivity contribution is 5.20. The van der Waals surface area contributed by atoms with Gasteiger partial charge < -0.3 is 15.5 Å². The predicted molar refractivity (Wildman–Crippen MR) is 89.5 cm³/mol. The van der Waals surface area contributed by atoms with Crippen LogP contribution >= 0.6 is 0 Å². The van der Waals surface area contributed by atoms with E-state index in [2.05, 4.69) is 31.2 Å². The molecule has 1 aromatic rings. The van der Waals surface area contributed by atoms with Crippen molar-refractivity contribution in [1.29, 1.82) is 0 Å². The van der Waals surface area contributed by atoms with Crippen molar-refractivity contribution in [2.45, 2.75) is 58.2 Å². The fourth-order valence-corrected chi connectivity index (χ4v) is 4.22. The Morgan fingerprint density at radius 1 is 1.54 bits per heavy atom. The second-order valence-corrected chi connectivity index (χ2v) is 8.01. The minimum Gasteiger partial charge on any atom is -0.394 e. The predicted octanol–water partition coefficient (Wildman–Crippen LogP) is 1.32. The molecule has 3 atom stereocenters. The zero-order valence-corrected chi connectivity index (χ0v) is 14.6. The summed E-state index contributed by atoms with van der Waals surface area (Å²) in [6.45, 7) is 7.09. The van der Waals surface area contributed by atoms with E-state index in [-0.39, 0.29) is 24.3 Å². The van der Waals surface area contributed by atoms with Crippen LogP contribution in [0.3, 0.4) is 0 Å². The number of hydrogen-bond donors (Lipinski definition) is 3. The van der Waals surface area contributed by atoms with Crippen molar-refractivity contribution >= 4 is 5.69 Å². The molecule has 1 aliphatic rings. The normalized spacial score (nSPS) is 27.8. The Labute approximate surface area is 142 Å². The van der Waals surface area contributed by atoms with E-state index in [0.29, 0.717) is 12.5 Å². The van der Waals surface area contributed by atoms with Crippen LogP contribution in [0.25, 0.3) is 0 Å². The lowest BCUT2D eigenvalue weighted by Crippen LogP contribution is -2.57. The van der Waals surface area contributed by atoms with Crippen LogP contribution in [-0.4, -0.2) is 49.7 Å². The van der Waals surface area contributed by atoms with E-state index in [4.69, 9.17) is 0 Å². The molecular formula is C16H28N4O4. The van der Waals surface area contributed by atoms with Crippen LogP contribution in [0.5, 0.6) is 0 Å². The Morgan fingerprint density at radius 2 is 2.25 bits per heavy atom. The fourth-order valence-electron chi connectivity index (χ4n) is 4.22. The molecule has 0 aliphatic heterocycles. The van der Waals surface area contributed by atoms with Crippen LogP contribution in [0.1, 0.15) is 40.0 Å². The highest BCUT2D eigenvalue weighted by Gasteiger charge is 2.42. The zero-order chi connectivity index (χ0) is 18.0. The average molecular weight is 340 g/mol. The second kappa shape index (κ2) is 7.16. The largest absolute Gasteiger partial charge is 0.394 e. The summed E-state index contributed by atoms with van der Waals surface area (Å²) in [5.74, 6) is 0.499. The molecule has 0 saturated heterocycles. The number of aromatic nitrogens is 2. The van der Waals surface area contributed by atoms with Gasteiger partial charge in [-0.05, 0) is 30.6 Å². The average Bonchev–Trinajstić information content (AvgIpc) is 2.92. The number of β-amino-alcohol motifs (C(OH)–C–C–N with tert-alkyl or cyclic N) is 1. The first-order chi connectivity index (χ1) is 11.1. The monoisotopic (exact) mass is 340 g/mol. The second-order valence-electron chi connectivity index (χ2n) is 8.01. The molecule has 1 saturated carbocycles. The maximum absolute atomic E-state index is 10.7. The lowest BCUT2D eigenvalue weighted by Gasteiger charge is -2.47. The number of hydrogen-bond acceptors (Lipinski definition) is 6. The van der Waals surface area contributed by atoms with Crippen molar-refractivity contribution in [3.63, 3.8) is 0 Å². The minimum absolute atomic E-state index is 0.0285. The quantitative estimate of drug-likeness (QED) is 0.509. The summed E-state index contributed by atoms with van der Waals surface area (Å²) in [6, 6.07) is 0. The van der Waals surface area contributed by atoms with E-state index in [1.54, 1.807) is 0 Å². The highest BCUT2D eigenvalue weighted by Crippen LogP contribution is 2.43. The Bertz CT molecular complexity index is 574. The van der Waals surface area contributed by atoms with Crippen LogP contribution in [0.15, 0.2) is 12.4 Å². The van der Waals surface area contributed by atoms with Crippen LogP contribution in [0.4, 0.5) is 5.69 Å². The molecule has 3 N–H and O–H groups in total. The SMILES string of the molecule is CC1CC(C)(C)CC(CO)(NCC(O)Cn2cc([N+](=O)[O-])cn2)C1. The van der Waals surface area contributed by atoms with Gasteiger partial charge in [-0.3, -0.25) is 14.8 Å². The van der Waals surface area contributed by atoms with Gasteiger partial charge in [0.1, 0.15) is 12.4 Å². The van der Waals surface area contributed by atoms with Crippen LogP contribution in [-0.2, 0) is 6.54 Å². The van der Waals surface area contributed by atoms with Gasteiger partial charge in [-0.15, -0.1) is 0 Å². The first kappa shape index (κ1) is 18.8. The number of rotatable bonds is 7. The molecule has 1 heterocycles. The van der Waals surface area contributed by atoms with Crippen molar-refractivity contribution in [2.24, 2.45) is 11.3 Å². The summed E-state index contributed by atoms with van der Waals surface area (Å²) < 4.78 is 1.36. The molecule has 136 valence electrons. The number of nitrogens with one attached hydrogen (secondary N) is 1. The Balaban J connectivity index is 1.93. The number of nitro groups is 1. The molecule has 0 spiro atoms. The summed E-state index contributed by atoms with van der Waals surface area (Å²) in [4.78, 5) is 10.1. The van der Waals surface area contributed by atoms with Crippen LogP contribution in [0, 0.1) is 21.4 Å². The van der Waals surface area contributed by atoms with Gasteiger partial charge in [-0.2, -0.15) is 5.10 Å². The molecule has 0 aromatic carbocycles. The highest BCUT2D eigenvalue weighted by atomic mass is 16.6. The molecule has 1 fully saturated rings.